The second-order valence-electron chi connectivity index (χ2n) is 7.41. The zero-order valence-corrected chi connectivity index (χ0v) is 17.0. The van der Waals surface area contributed by atoms with E-state index in [0.717, 1.165) is 12.0 Å². The molecule has 1 aromatic rings. The van der Waals surface area contributed by atoms with Gasteiger partial charge in [-0.25, -0.2) is 0 Å². The van der Waals surface area contributed by atoms with Gasteiger partial charge in [-0.3, -0.25) is 4.18 Å². The molecule has 0 radical (unpaired) electrons. The first kappa shape index (κ1) is 20.4. The molecule has 6 heteroatoms. The summed E-state index contributed by atoms with van der Waals surface area (Å²) in [7, 11) is -5.37. The molecule has 0 amide bonds. The lowest BCUT2D eigenvalue weighted by Gasteiger charge is -2.36. The van der Waals surface area contributed by atoms with Crippen LogP contribution in [-0.2, 0) is 18.7 Å². The molecule has 0 aliphatic carbocycles. The van der Waals surface area contributed by atoms with Crippen LogP contribution in [0.5, 0.6) is 0 Å². The van der Waals surface area contributed by atoms with Gasteiger partial charge >= 0.3 is 0 Å². The van der Waals surface area contributed by atoms with E-state index < -0.39 is 18.4 Å². The van der Waals surface area contributed by atoms with Crippen molar-refractivity contribution in [3.05, 3.63) is 29.8 Å². The Bertz CT molecular complexity index is 586. The summed E-state index contributed by atoms with van der Waals surface area (Å²) in [5.41, 5.74) is 1.02. The largest absolute Gasteiger partial charge is 0.417 e. The summed E-state index contributed by atoms with van der Waals surface area (Å²) in [6, 6.07) is 6.68. The quantitative estimate of drug-likeness (QED) is 0.390. The Hall–Kier alpha value is -0.693. The van der Waals surface area contributed by atoms with Crippen LogP contribution < -0.4 is 0 Å². The van der Waals surface area contributed by atoms with E-state index in [4.69, 9.17) is 8.61 Å². The molecule has 132 valence electrons. The molecule has 0 N–H and O–H groups in total. The number of aryl methyl sites for hydroxylation is 1. The normalized spacial score (nSPS) is 13.3. The minimum atomic E-state index is -3.65. The van der Waals surface area contributed by atoms with Crippen LogP contribution in [0.3, 0.4) is 0 Å². The molecule has 0 fully saturated rings. The van der Waals surface area contributed by atoms with E-state index in [-0.39, 0.29) is 16.5 Å². The fourth-order valence-electron chi connectivity index (χ4n) is 1.69. The van der Waals surface area contributed by atoms with Crippen molar-refractivity contribution < 1.29 is 17.0 Å². The van der Waals surface area contributed by atoms with Gasteiger partial charge in [0.1, 0.15) is 0 Å². The average molecular weight is 359 g/mol. The number of rotatable bonds is 8. The number of hydrogen-bond acceptors (Lipinski definition) is 4. The molecule has 1 aromatic carbocycles. The average Bonchev–Trinajstić information content (AvgIpc) is 2.42. The first-order chi connectivity index (χ1) is 10.5. The standard InChI is InChI=1S/C17H30O4SSi/c1-15-9-11-16(12-10-15)22(18,19)20-13-7-8-14-21-23(5,6)17(2,3)4/h9-12H,7-8,13-14H2,1-6H3. The molecule has 23 heavy (non-hydrogen) atoms. The first-order valence-electron chi connectivity index (χ1n) is 8.06. The summed E-state index contributed by atoms with van der Waals surface area (Å²) in [5, 5.41) is 0.193. The van der Waals surface area contributed by atoms with Gasteiger partial charge in [0.25, 0.3) is 10.1 Å². The number of hydrogen-bond donors (Lipinski definition) is 0. The Morgan fingerprint density at radius 2 is 1.52 bits per heavy atom. The minimum Gasteiger partial charge on any atom is -0.417 e. The predicted molar refractivity (Wildman–Crippen MR) is 96.7 cm³/mol. The molecule has 4 nitrogen and oxygen atoms in total. The lowest BCUT2D eigenvalue weighted by molar-refractivity contribution is 0.254. The maximum absolute atomic E-state index is 12.0. The Kier molecular flexibility index (Phi) is 7.01. The highest BCUT2D eigenvalue weighted by Gasteiger charge is 2.36. The molecular formula is C17H30O4SSi. The van der Waals surface area contributed by atoms with Crippen molar-refractivity contribution >= 4 is 18.4 Å². The lowest BCUT2D eigenvalue weighted by atomic mass is 10.2. The fraction of sp³-hybridized carbons (Fsp3) is 0.647. The summed E-state index contributed by atoms with van der Waals surface area (Å²) in [4.78, 5) is 0.209. The highest BCUT2D eigenvalue weighted by atomic mass is 32.2. The van der Waals surface area contributed by atoms with Gasteiger partial charge in [0.05, 0.1) is 11.5 Å². The molecule has 0 aliphatic rings. The smallest absolute Gasteiger partial charge is 0.296 e. The van der Waals surface area contributed by atoms with Crippen molar-refractivity contribution in [2.24, 2.45) is 0 Å². The van der Waals surface area contributed by atoms with Gasteiger partial charge in [0.2, 0.25) is 0 Å². The van der Waals surface area contributed by atoms with Crippen molar-refractivity contribution in [3.63, 3.8) is 0 Å². The monoisotopic (exact) mass is 358 g/mol. The van der Waals surface area contributed by atoms with Crippen LogP contribution in [0.25, 0.3) is 0 Å². The van der Waals surface area contributed by atoms with Crippen LogP contribution in [-0.4, -0.2) is 29.9 Å². The summed E-state index contributed by atoms with van der Waals surface area (Å²) in [6.07, 6.45) is 1.47. The van der Waals surface area contributed by atoms with Crippen LogP contribution in [0.15, 0.2) is 29.2 Å². The third-order valence-corrected chi connectivity index (χ3v) is 10.2. The third-order valence-electron chi connectivity index (χ3n) is 4.36. The van der Waals surface area contributed by atoms with Crippen LogP contribution in [0.1, 0.15) is 39.2 Å². The molecule has 0 atom stereocenters. The van der Waals surface area contributed by atoms with E-state index in [0.29, 0.717) is 13.0 Å². The van der Waals surface area contributed by atoms with E-state index in [2.05, 4.69) is 33.9 Å². The molecule has 0 heterocycles. The van der Waals surface area contributed by atoms with E-state index in [1.54, 1.807) is 24.3 Å². The van der Waals surface area contributed by atoms with Crippen molar-refractivity contribution in [3.8, 4) is 0 Å². The minimum absolute atomic E-state index is 0.192. The van der Waals surface area contributed by atoms with Crippen LogP contribution in [0, 0.1) is 6.92 Å². The van der Waals surface area contributed by atoms with Crippen molar-refractivity contribution in [2.75, 3.05) is 13.2 Å². The Morgan fingerprint density at radius 3 is 2.04 bits per heavy atom. The molecule has 0 unspecified atom stereocenters. The molecule has 0 aliphatic heterocycles. The maximum Gasteiger partial charge on any atom is 0.296 e. The second-order valence-corrected chi connectivity index (χ2v) is 13.8. The fourth-order valence-corrected chi connectivity index (χ4v) is 3.72. The first-order valence-corrected chi connectivity index (χ1v) is 12.4. The summed E-state index contributed by atoms with van der Waals surface area (Å²) < 4.78 is 35.2. The van der Waals surface area contributed by atoms with Crippen molar-refractivity contribution in [1.82, 2.24) is 0 Å². The van der Waals surface area contributed by atoms with Gasteiger partial charge in [0, 0.05) is 6.61 Å². The third kappa shape index (κ3) is 6.37. The second kappa shape index (κ2) is 7.92. The van der Waals surface area contributed by atoms with Gasteiger partial charge in [0.15, 0.2) is 8.32 Å². The molecular weight excluding hydrogens is 328 g/mol. The van der Waals surface area contributed by atoms with Gasteiger partial charge < -0.3 is 4.43 Å². The summed E-state index contributed by atoms with van der Waals surface area (Å²) in [6.45, 7) is 13.8. The van der Waals surface area contributed by atoms with Gasteiger partial charge in [-0.2, -0.15) is 8.42 Å². The Morgan fingerprint density at radius 1 is 1.00 bits per heavy atom. The maximum atomic E-state index is 12.0. The van der Waals surface area contributed by atoms with E-state index in [1.807, 2.05) is 6.92 Å². The van der Waals surface area contributed by atoms with E-state index >= 15 is 0 Å². The van der Waals surface area contributed by atoms with Crippen LogP contribution in [0.4, 0.5) is 0 Å². The topological polar surface area (TPSA) is 52.6 Å². The van der Waals surface area contributed by atoms with Gasteiger partial charge in [-0.15, -0.1) is 0 Å². The zero-order chi connectivity index (χ0) is 17.7. The Balaban J connectivity index is 2.34. The zero-order valence-electron chi connectivity index (χ0n) is 15.2. The summed E-state index contributed by atoms with van der Waals surface area (Å²) >= 11 is 0. The van der Waals surface area contributed by atoms with Crippen LogP contribution in [0.2, 0.25) is 18.1 Å². The Labute approximate surface area is 142 Å². The highest BCUT2D eigenvalue weighted by Crippen LogP contribution is 2.36. The van der Waals surface area contributed by atoms with Gasteiger partial charge in [-0.1, -0.05) is 38.5 Å². The van der Waals surface area contributed by atoms with Gasteiger partial charge in [-0.05, 0) is 50.0 Å². The summed E-state index contributed by atoms with van der Waals surface area (Å²) in [5.74, 6) is 0. The van der Waals surface area contributed by atoms with Crippen LogP contribution >= 0.6 is 0 Å². The van der Waals surface area contributed by atoms with Crippen molar-refractivity contribution in [2.45, 2.75) is 63.6 Å². The molecule has 1 rings (SSSR count). The number of unbranched alkanes of at least 4 members (excludes halogenated alkanes) is 1. The lowest BCUT2D eigenvalue weighted by Crippen LogP contribution is -2.41. The molecule has 0 saturated heterocycles. The SMILES string of the molecule is Cc1ccc(S(=O)(=O)OCCCCO[Si](C)(C)C(C)(C)C)cc1. The molecule has 0 bridgehead atoms. The van der Waals surface area contributed by atoms with E-state index in [9.17, 15) is 8.42 Å². The highest BCUT2D eigenvalue weighted by molar-refractivity contribution is 7.86. The molecule has 0 saturated carbocycles. The van der Waals surface area contributed by atoms with E-state index in [1.165, 1.54) is 0 Å². The number of benzene rings is 1. The molecule has 0 aromatic heterocycles. The molecule has 0 spiro atoms. The van der Waals surface area contributed by atoms with Crippen molar-refractivity contribution in [1.29, 1.82) is 0 Å². The predicted octanol–water partition coefficient (Wildman–Crippen LogP) is 4.50.